The maximum Gasteiger partial charge on any atom is 0.494 e. The summed E-state index contributed by atoms with van der Waals surface area (Å²) in [6.07, 6.45) is -0.534. The molecule has 2 aromatic heterocycles. The Balaban J connectivity index is 1.20. The van der Waals surface area contributed by atoms with Crippen LogP contribution in [0.25, 0.3) is 43.9 Å². The van der Waals surface area contributed by atoms with E-state index in [-0.39, 0.29) is 0 Å². The van der Waals surface area contributed by atoms with E-state index in [2.05, 4.69) is 81.5 Å². The maximum absolute atomic E-state index is 6.46. The molecular weight excluding hydrogens is 585 g/mol. The number of amidine groups is 2. The zero-order chi connectivity index (χ0) is 31.9. The Morgan fingerprint density at radius 3 is 2.15 bits per heavy atom. The van der Waals surface area contributed by atoms with Crippen molar-refractivity contribution in [3.8, 4) is 0 Å². The van der Waals surface area contributed by atoms with Gasteiger partial charge in [0.25, 0.3) is 0 Å². The summed E-state index contributed by atoms with van der Waals surface area (Å²) in [4.78, 5) is 10.4. The quantitative estimate of drug-likeness (QED) is 0.201. The Hall–Kier alpha value is -5.18. The second-order valence-electron chi connectivity index (χ2n) is 13.3. The fraction of sp³-hybridized carbons (Fsp3) is 0.179. The number of hydrogen-bond acceptors (Lipinski definition) is 7. The molecule has 1 atom stereocenters. The lowest BCUT2D eigenvalue weighted by Crippen LogP contribution is -2.41. The van der Waals surface area contributed by atoms with E-state index in [0.717, 1.165) is 71.9 Å². The van der Waals surface area contributed by atoms with Crippen LogP contribution in [-0.2, 0) is 9.31 Å². The highest BCUT2D eigenvalue weighted by Crippen LogP contribution is 2.39. The second kappa shape index (κ2) is 10.2. The molecule has 1 unspecified atom stereocenters. The Morgan fingerprint density at radius 2 is 1.32 bits per heavy atom. The zero-order valence-corrected chi connectivity index (χ0v) is 26.6. The number of nitrogens with zero attached hydrogens (tertiary/aromatic N) is 2. The van der Waals surface area contributed by atoms with E-state index < -0.39 is 24.5 Å². The van der Waals surface area contributed by atoms with Crippen molar-refractivity contribution in [2.75, 3.05) is 0 Å². The highest BCUT2D eigenvalue weighted by Gasteiger charge is 2.51. The molecule has 0 spiro atoms. The third-order valence-electron chi connectivity index (χ3n) is 9.80. The van der Waals surface area contributed by atoms with Gasteiger partial charge in [-0.25, -0.2) is 9.98 Å². The highest BCUT2D eigenvalue weighted by atomic mass is 16.7. The fourth-order valence-corrected chi connectivity index (χ4v) is 6.61. The van der Waals surface area contributed by atoms with Crippen LogP contribution in [0, 0.1) is 0 Å². The average molecular weight is 618 g/mol. The van der Waals surface area contributed by atoms with Gasteiger partial charge in [0, 0.05) is 32.7 Å². The molecule has 0 amide bonds. The predicted molar refractivity (Wildman–Crippen MR) is 189 cm³/mol. The van der Waals surface area contributed by atoms with Gasteiger partial charge in [-0.15, -0.1) is 0 Å². The molecule has 0 aliphatic carbocycles. The molecule has 7 aromatic rings. The van der Waals surface area contributed by atoms with E-state index in [1.165, 1.54) is 0 Å². The number of furan rings is 2. The van der Waals surface area contributed by atoms with E-state index in [4.69, 9.17) is 28.1 Å². The Morgan fingerprint density at radius 1 is 0.617 bits per heavy atom. The number of fused-ring (bicyclic) bond motifs is 6. The molecule has 0 radical (unpaired) electrons. The van der Waals surface area contributed by atoms with Crippen LogP contribution in [0.4, 0.5) is 0 Å². The van der Waals surface area contributed by atoms with Gasteiger partial charge in [0.2, 0.25) is 0 Å². The lowest BCUT2D eigenvalue weighted by Gasteiger charge is -2.32. The summed E-state index contributed by atoms with van der Waals surface area (Å²) < 4.78 is 25.6. The first-order chi connectivity index (χ1) is 22.8. The Bertz CT molecular complexity index is 2410. The molecule has 1 N–H and O–H groups in total. The van der Waals surface area contributed by atoms with Crippen molar-refractivity contribution in [2.24, 2.45) is 9.98 Å². The van der Waals surface area contributed by atoms with Crippen LogP contribution in [0.3, 0.4) is 0 Å². The predicted octanol–water partition coefficient (Wildman–Crippen LogP) is 8.28. The normalized spacial score (nSPS) is 19.0. The number of aliphatic imine (C=N–C) groups is 2. The Kier molecular flexibility index (Phi) is 6.07. The van der Waals surface area contributed by atoms with Gasteiger partial charge >= 0.3 is 7.12 Å². The smallest absolute Gasteiger partial charge is 0.456 e. The van der Waals surface area contributed by atoms with Crippen LogP contribution < -0.4 is 10.8 Å². The van der Waals surface area contributed by atoms with Crippen molar-refractivity contribution in [1.29, 1.82) is 0 Å². The molecule has 2 aliphatic heterocycles. The van der Waals surface area contributed by atoms with Gasteiger partial charge < -0.3 is 23.5 Å². The van der Waals surface area contributed by atoms with Gasteiger partial charge in [0.05, 0.1) is 16.8 Å². The zero-order valence-electron chi connectivity index (χ0n) is 26.6. The minimum absolute atomic E-state index is 0.431. The fourth-order valence-electron chi connectivity index (χ4n) is 6.61. The van der Waals surface area contributed by atoms with Crippen molar-refractivity contribution in [2.45, 2.75) is 45.1 Å². The van der Waals surface area contributed by atoms with Gasteiger partial charge in [-0.3, -0.25) is 0 Å². The molecule has 0 bridgehead atoms. The third kappa shape index (κ3) is 4.43. The van der Waals surface area contributed by atoms with E-state index in [0.29, 0.717) is 5.84 Å². The van der Waals surface area contributed by atoms with Gasteiger partial charge in [-0.05, 0) is 57.4 Å². The highest BCUT2D eigenvalue weighted by molar-refractivity contribution is 6.62. The van der Waals surface area contributed by atoms with Crippen LogP contribution in [0.1, 0.15) is 50.6 Å². The number of para-hydroxylation sites is 2. The topological polar surface area (TPSA) is 81.5 Å². The van der Waals surface area contributed by atoms with Gasteiger partial charge in [0.1, 0.15) is 34.0 Å². The molecular formula is C39H32BN3O4. The van der Waals surface area contributed by atoms with Crippen molar-refractivity contribution in [3.05, 3.63) is 126 Å². The molecule has 8 heteroatoms. The molecule has 2 aliphatic rings. The van der Waals surface area contributed by atoms with E-state index in [1.54, 1.807) is 0 Å². The molecule has 4 heterocycles. The molecule has 7 nitrogen and oxygen atoms in total. The molecule has 230 valence electrons. The second-order valence-corrected chi connectivity index (χ2v) is 13.3. The summed E-state index contributed by atoms with van der Waals surface area (Å²) in [6, 6.07) is 36.7. The minimum atomic E-state index is -0.534. The van der Waals surface area contributed by atoms with Crippen molar-refractivity contribution >= 4 is 68.1 Å². The Labute approximate surface area is 272 Å². The van der Waals surface area contributed by atoms with Gasteiger partial charge in [-0.1, -0.05) is 84.9 Å². The van der Waals surface area contributed by atoms with Gasteiger partial charge in [0.15, 0.2) is 6.17 Å². The van der Waals surface area contributed by atoms with E-state index >= 15 is 0 Å². The summed E-state index contributed by atoms with van der Waals surface area (Å²) in [7, 11) is -0.479. The summed E-state index contributed by atoms with van der Waals surface area (Å²) in [5, 5.41) is 7.63. The SMILES string of the molecule is CC1(C)OB(c2ccc3c(c2)oc2cccc(C4N=C(c5ccccc5)NC(c5cccc6c5oc5ccccc56)=N4)c23)OC1(C)C. The van der Waals surface area contributed by atoms with Crippen LogP contribution in [0.2, 0.25) is 0 Å². The molecule has 5 aromatic carbocycles. The minimum Gasteiger partial charge on any atom is -0.456 e. The molecule has 47 heavy (non-hydrogen) atoms. The first-order valence-corrected chi connectivity index (χ1v) is 16.0. The average Bonchev–Trinajstić information content (AvgIpc) is 3.72. The van der Waals surface area contributed by atoms with Crippen LogP contribution in [0.5, 0.6) is 0 Å². The first-order valence-electron chi connectivity index (χ1n) is 16.0. The summed E-state index contributed by atoms with van der Waals surface area (Å²) in [5.41, 5.74) is 6.02. The van der Waals surface area contributed by atoms with Crippen LogP contribution in [0.15, 0.2) is 128 Å². The summed E-state index contributed by atoms with van der Waals surface area (Å²) in [6.45, 7) is 8.24. The van der Waals surface area contributed by atoms with E-state index in [9.17, 15) is 0 Å². The monoisotopic (exact) mass is 617 g/mol. The standard InChI is InChI=1S/C39H32BN3O4/c1-38(2)39(3,4)47-40(46-38)24-20-21-27-32(22-24)44-31-19-11-16-28(33(27)31)36-41-35(23-12-6-5-7-13-23)42-37(43-36)29-17-10-15-26-25-14-8-9-18-30(25)45-34(26)29/h5-22,36H,1-4H3,(H,41,42,43). The summed E-state index contributed by atoms with van der Waals surface area (Å²) in [5.74, 6) is 1.43. The van der Waals surface area contributed by atoms with Crippen molar-refractivity contribution in [3.63, 3.8) is 0 Å². The number of rotatable bonds is 4. The van der Waals surface area contributed by atoms with Crippen molar-refractivity contribution < 1.29 is 18.1 Å². The van der Waals surface area contributed by atoms with Gasteiger partial charge in [-0.2, -0.15) is 0 Å². The van der Waals surface area contributed by atoms with Crippen LogP contribution in [-0.4, -0.2) is 30.0 Å². The lowest BCUT2D eigenvalue weighted by atomic mass is 9.79. The number of hydrogen-bond donors (Lipinski definition) is 1. The molecule has 9 rings (SSSR count). The first kappa shape index (κ1) is 28.1. The van der Waals surface area contributed by atoms with Crippen LogP contribution >= 0.6 is 0 Å². The number of benzene rings is 5. The molecule has 0 saturated carbocycles. The summed E-state index contributed by atoms with van der Waals surface area (Å²) >= 11 is 0. The van der Waals surface area contributed by atoms with Crippen molar-refractivity contribution in [1.82, 2.24) is 5.32 Å². The maximum atomic E-state index is 6.46. The number of nitrogens with one attached hydrogen (secondary N) is 1. The molecule has 1 saturated heterocycles. The molecule has 1 fully saturated rings. The van der Waals surface area contributed by atoms with E-state index in [1.807, 2.05) is 60.7 Å². The third-order valence-corrected chi connectivity index (χ3v) is 9.80. The largest absolute Gasteiger partial charge is 0.494 e. The lowest BCUT2D eigenvalue weighted by molar-refractivity contribution is 0.00578.